The molecule has 2 atom stereocenters. The van der Waals surface area contributed by atoms with Crippen molar-refractivity contribution in [3.63, 3.8) is 0 Å². The first-order valence-electron chi connectivity index (χ1n) is 9.51. The van der Waals surface area contributed by atoms with E-state index in [9.17, 15) is 14.0 Å². The number of aryl methyl sites for hydroxylation is 1. The van der Waals surface area contributed by atoms with Gasteiger partial charge in [0.15, 0.2) is 0 Å². The van der Waals surface area contributed by atoms with Crippen LogP contribution in [-0.2, 0) is 4.79 Å². The van der Waals surface area contributed by atoms with E-state index in [4.69, 9.17) is 0 Å². The molecule has 7 nitrogen and oxygen atoms in total. The molecule has 146 valence electrons. The van der Waals surface area contributed by atoms with Crippen molar-refractivity contribution in [2.45, 2.75) is 45.1 Å². The molecule has 0 unspecified atom stereocenters. The van der Waals surface area contributed by atoms with Gasteiger partial charge in [-0.15, -0.1) is 0 Å². The number of nitrogens with zero attached hydrogens (tertiary/aromatic N) is 4. The fraction of sp³-hybridized carbons (Fsp3) is 0.450. The van der Waals surface area contributed by atoms with Crippen LogP contribution in [0.1, 0.15) is 48.4 Å². The van der Waals surface area contributed by atoms with Crippen molar-refractivity contribution in [2.75, 3.05) is 11.4 Å². The van der Waals surface area contributed by atoms with E-state index >= 15 is 0 Å². The van der Waals surface area contributed by atoms with E-state index in [-0.39, 0.29) is 23.6 Å². The van der Waals surface area contributed by atoms with E-state index in [0.29, 0.717) is 24.6 Å². The topological polar surface area (TPSA) is 88.1 Å². The van der Waals surface area contributed by atoms with Crippen LogP contribution in [0.25, 0.3) is 0 Å². The highest BCUT2D eigenvalue weighted by Gasteiger charge is 2.50. The molecule has 8 heteroatoms. The van der Waals surface area contributed by atoms with E-state index in [1.54, 1.807) is 24.1 Å². The Hall–Kier alpha value is -2.90. The Morgan fingerprint density at radius 3 is 2.89 bits per heavy atom. The highest BCUT2D eigenvalue weighted by molar-refractivity contribution is 5.99. The number of hydrogen-bond acceptors (Lipinski definition) is 5. The molecule has 4 rings (SSSR count). The predicted octanol–water partition coefficient (Wildman–Crippen LogP) is 2.41. The lowest BCUT2D eigenvalue weighted by Crippen LogP contribution is -2.46. The lowest BCUT2D eigenvalue weighted by molar-refractivity contribution is -0.127. The van der Waals surface area contributed by atoms with Gasteiger partial charge in [0.25, 0.3) is 5.91 Å². The van der Waals surface area contributed by atoms with Crippen molar-refractivity contribution >= 4 is 17.6 Å². The van der Waals surface area contributed by atoms with Crippen molar-refractivity contribution in [2.24, 2.45) is 5.41 Å². The Bertz CT molecular complexity index is 904. The lowest BCUT2D eigenvalue weighted by atomic mass is 9.71. The molecule has 2 aliphatic rings. The Morgan fingerprint density at radius 2 is 2.14 bits per heavy atom. The Morgan fingerprint density at radius 1 is 1.29 bits per heavy atom. The van der Waals surface area contributed by atoms with Crippen molar-refractivity contribution < 1.29 is 14.0 Å². The Kier molecular flexibility index (Phi) is 4.78. The highest BCUT2D eigenvalue weighted by atomic mass is 19.1. The maximum atomic E-state index is 13.2. The van der Waals surface area contributed by atoms with E-state index in [2.05, 4.69) is 20.3 Å². The second-order valence-corrected chi connectivity index (χ2v) is 7.58. The van der Waals surface area contributed by atoms with Crippen LogP contribution in [0.3, 0.4) is 0 Å². The van der Waals surface area contributed by atoms with E-state index < -0.39 is 11.2 Å². The number of aromatic nitrogens is 3. The van der Waals surface area contributed by atoms with Gasteiger partial charge in [0, 0.05) is 18.8 Å². The summed E-state index contributed by atoms with van der Waals surface area (Å²) in [6.07, 6.45) is 6.52. The van der Waals surface area contributed by atoms with Gasteiger partial charge in [-0.1, -0.05) is 6.42 Å². The second-order valence-electron chi connectivity index (χ2n) is 7.58. The predicted molar refractivity (Wildman–Crippen MR) is 100 cm³/mol. The number of halogens is 1. The van der Waals surface area contributed by atoms with Crippen molar-refractivity contribution in [3.8, 4) is 0 Å². The molecule has 1 aliphatic heterocycles. The molecule has 0 aromatic carbocycles. The first kappa shape index (κ1) is 18.5. The smallest absolute Gasteiger partial charge is 0.270 e. The Labute approximate surface area is 162 Å². The highest BCUT2D eigenvalue weighted by Crippen LogP contribution is 2.45. The molecule has 1 saturated heterocycles. The maximum absolute atomic E-state index is 13.2. The minimum atomic E-state index is -0.482. The lowest BCUT2D eigenvalue weighted by Gasteiger charge is -2.36. The van der Waals surface area contributed by atoms with Crippen LogP contribution < -0.4 is 10.2 Å². The molecule has 2 amide bonds. The number of rotatable bonds is 3. The molecule has 1 spiro atoms. The minimum absolute atomic E-state index is 0.0736. The van der Waals surface area contributed by atoms with Gasteiger partial charge in [0.05, 0.1) is 11.6 Å². The third-order valence-corrected chi connectivity index (χ3v) is 5.69. The fourth-order valence-corrected chi connectivity index (χ4v) is 4.31. The summed E-state index contributed by atoms with van der Waals surface area (Å²) in [5, 5.41) is 2.97. The molecular formula is C20H22FN5O2. The van der Waals surface area contributed by atoms with Crippen molar-refractivity contribution in [1.29, 1.82) is 0 Å². The molecule has 2 aromatic heterocycles. The number of nitrogens with one attached hydrogen (secondary N) is 1. The van der Waals surface area contributed by atoms with Gasteiger partial charge in [-0.25, -0.2) is 19.3 Å². The number of pyridine rings is 1. The van der Waals surface area contributed by atoms with Gasteiger partial charge < -0.3 is 5.32 Å². The van der Waals surface area contributed by atoms with Crippen LogP contribution in [-0.4, -0.2) is 39.4 Å². The summed E-state index contributed by atoms with van der Waals surface area (Å²) >= 11 is 0. The molecular weight excluding hydrogens is 361 g/mol. The summed E-state index contributed by atoms with van der Waals surface area (Å²) in [5.41, 5.74) is -0.289. The van der Waals surface area contributed by atoms with Crippen molar-refractivity contribution in [1.82, 2.24) is 20.3 Å². The van der Waals surface area contributed by atoms with E-state index in [0.717, 1.165) is 31.9 Å². The normalized spacial score (nSPS) is 24.6. The van der Waals surface area contributed by atoms with Gasteiger partial charge in [-0.2, -0.15) is 0 Å². The van der Waals surface area contributed by atoms with Gasteiger partial charge >= 0.3 is 0 Å². The van der Waals surface area contributed by atoms with E-state index in [1.165, 1.54) is 12.1 Å². The largest absolute Gasteiger partial charge is 0.348 e. The third-order valence-electron chi connectivity index (χ3n) is 5.69. The summed E-state index contributed by atoms with van der Waals surface area (Å²) in [5.74, 6) is 0.521. The molecule has 1 saturated carbocycles. The Balaban J connectivity index is 1.46. The van der Waals surface area contributed by atoms with Crippen LogP contribution in [0.15, 0.2) is 30.6 Å². The molecule has 1 aliphatic carbocycles. The zero-order valence-electron chi connectivity index (χ0n) is 15.7. The number of carbonyl (C=O) groups excluding carboxylic acids is 2. The van der Waals surface area contributed by atoms with Crippen LogP contribution >= 0.6 is 0 Å². The number of carbonyl (C=O) groups is 2. The van der Waals surface area contributed by atoms with Gasteiger partial charge in [0.1, 0.15) is 23.2 Å². The first-order valence-corrected chi connectivity index (χ1v) is 9.51. The molecule has 0 radical (unpaired) electrons. The van der Waals surface area contributed by atoms with Gasteiger partial charge in [-0.3, -0.25) is 14.5 Å². The van der Waals surface area contributed by atoms with Crippen LogP contribution in [0.4, 0.5) is 10.2 Å². The third kappa shape index (κ3) is 3.46. The number of amides is 2. The number of anilines is 1. The van der Waals surface area contributed by atoms with Gasteiger partial charge in [0.2, 0.25) is 5.91 Å². The fourth-order valence-electron chi connectivity index (χ4n) is 4.31. The zero-order valence-corrected chi connectivity index (χ0v) is 15.7. The van der Waals surface area contributed by atoms with Crippen LogP contribution in [0.5, 0.6) is 0 Å². The molecule has 0 bridgehead atoms. The molecule has 2 fully saturated rings. The summed E-state index contributed by atoms with van der Waals surface area (Å²) in [4.78, 5) is 39.7. The summed E-state index contributed by atoms with van der Waals surface area (Å²) in [6, 6.07) is 4.23. The minimum Gasteiger partial charge on any atom is -0.348 e. The maximum Gasteiger partial charge on any atom is 0.270 e. The standard InChI is InChI=1S/C20H22FN5O2/c1-13-22-9-6-17(24-13)26-10-8-20(19(26)28)7-2-3-15(11-20)25-18(27)16-5-4-14(21)12-23-16/h4-6,9,12,15H,2-3,7-8,10-11H2,1H3,(H,25,27)/t15-,20-/m0/s1. The van der Waals surface area contributed by atoms with E-state index in [1.807, 2.05) is 0 Å². The average molecular weight is 383 g/mol. The molecule has 1 N–H and O–H groups in total. The summed E-state index contributed by atoms with van der Waals surface area (Å²) in [6.45, 7) is 2.42. The molecule has 3 heterocycles. The first-order chi connectivity index (χ1) is 13.5. The van der Waals surface area contributed by atoms with Gasteiger partial charge in [-0.05, 0) is 50.8 Å². The molecule has 2 aromatic rings. The second kappa shape index (κ2) is 7.26. The quantitative estimate of drug-likeness (QED) is 0.879. The monoisotopic (exact) mass is 383 g/mol. The number of hydrogen-bond donors (Lipinski definition) is 1. The van der Waals surface area contributed by atoms with Crippen molar-refractivity contribution in [3.05, 3.63) is 47.9 Å². The average Bonchev–Trinajstić information content (AvgIpc) is 2.98. The van der Waals surface area contributed by atoms with Crippen LogP contribution in [0, 0.1) is 18.2 Å². The van der Waals surface area contributed by atoms with Crippen LogP contribution in [0.2, 0.25) is 0 Å². The molecule has 28 heavy (non-hydrogen) atoms. The SMILES string of the molecule is Cc1nccc(N2CC[C@]3(CCC[C@H](NC(=O)c4ccc(F)cn4)C3)C2=O)n1. The summed E-state index contributed by atoms with van der Waals surface area (Å²) < 4.78 is 13.0. The zero-order chi connectivity index (χ0) is 19.7. The summed E-state index contributed by atoms with van der Waals surface area (Å²) in [7, 11) is 0.